The summed E-state index contributed by atoms with van der Waals surface area (Å²) in [5.41, 5.74) is 1.47. The van der Waals surface area contributed by atoms with Gasteiger partial charge < -0.3 is 9.84 Å². The van der Waals surface area contributed by atoms with E-state index >= 15 is 0 Å². The number of carboxylic acid groups (broad SMARTS) is 1. The van der Waals surface area contributed by atoms with Crippen LogP contribution >= 0.6 is 39.9 Å². The Morgan fingerprint density at radius 2 is 2.22 bits per heavy atom. The molecule has 1 fully saturated rings. The predicted molar refractivity (Wildman–Crippen MR) is 110 cm³/mol. The van der Waals surface area contributed by atoms with E-state index in [0.29, 0.717) is 27.1 Å². The van der Waals surface area contributed by atoms with Gasteiger partial charge in [0.15, 0.2) is 6.61 Å². The molecule has 1 aliphatic heterocycles. The summed E-state index contributed by atoms with van der Waals surface area (Å²) in [6.45, 7) is -0.124. The number of thiocarbonyl (C=S) groups is 1. The van der Waals surface area contributed by atoms with Gasteiger partial charge in [0.1, 0.15) is 10.1 Å². The van der Waals surface area contributed by atoms with Gasteiger partial charge in [-0.15, -0.1) is 0 Å². The summed E-state index contributed by atoms with van der Waals surface area (Å²) >= 11 is 9.91. The molecule has 1 aliphatic rings. The van der Waals surface area contributed by atoms with Crippen LogP contribution in [-0.4, -0.2) is 37.8 Å². The van der Waals surface area contributed by atoms with E-state index in [1.165, 1.54) is 16.7 Å². The number of thioether (sulfide) groups is 1. The number of ether oxygens (including phenoxy) is 1. The highest BCUT2D eigenvalue weighted by molar-refractivity contribution is 9.10. The van der Waals surface area contributed by atoms with Crippen LogP contribution in [0.25, 0.3) is 6.08 Å². The van der Waals surface area contributed by atoms with Crippen LogP contribution in [0.5, 0.6) is 5.75 Å². The zero-order valence-electron chi connectivity index (χ0n) is 13.8. The van der Waals surface area contributed by atoms with Crippen molar-refractivity contribution in [3.8, 4) is 5.75 Å². The molecule has 1 amide bonds. The summed E-state index contributed by atoms with van der Waals surface area (Å²) in [6, 6.07) is 8.82. The maximum atomic E-state index is 12.8. The number of carbonyl (C=O) groups excluding carboxylic acids is 1. The summed E-state index contributed by atoms with van der Waals surface area (Å²) < 4.78 is 6.54. The van der Waals surface area contributed by atoms with Crippen molar-refractivity contribution >= 4 is 62.2 Å². The molecule has 0 radical (unpaired) electrons. The van der Waals surface area contributed by atoms with Crippen molar-refractivity contribution in [1.82, 2.24) is 9.88 Å². The number of rotatable bonds is 6. The van der Waals surface area contributed by atoms with Gasteiger partial charge in [-0.1, -0.05) is 46.0 Å². The predicted octanol–water partition coefficient (Wildman–Crippen LogP) is 3.71. The maximum Gasteiger partial charge on any atom is 0.341 e. The number of amides is 1. The molecule has 1 saturated heterocycles. The Balaban J connectivity index is 1.85. The number of benzene rings is 1. The van der Waals surface area contributed by atoms with Crippen LogP contribution < -0.4 is 4.74 Å². The van der Waals surface area contributed by atoms with Gasteiger partial charge in [0, 0.05) is 22.4 Å². The second kappa shape index (κ2) is 8.64. The third-order valence-corrected chi connectivity index (χ3v) is 5.42. The lowest BCUT2D eigenvalue weighted by Crippen LogP contribution is -2.27. The lowest BCUT2D eigenvalue weighted by atomic mass is 10.2. The maximum absolute atomic E-state index is 12.8. The Morgan fingerprint density at radius 3 is 2.93 bits per heavy atom. The van der Waals surface area contributed by atoms with E-state index in [2.05, 4.69) is 20.9 Å². The molecule has 27 heavy (non-hydrogen) atoms. The summed E-state index contributed by atoms with van der Waals surface area (Å²) in [5, 5.41) is 8.82. The third kappa shape index (κ3) is 4.94. The zero-order chi connectivity index (χ0) is 19.4. The second-order valence-corrected chi connectivity index (χ2v) is 8.09. The van der Waals surface area contributed by atoms with E-state index in [1.54, 1.807) is 42.7 Å². The number of hydrogen-bond donors (Lipinski definition) is 1. The minimum atomic E-state index is -1.08. The summed E-state index contributed by atoms with van der Waals surface area (Å²) in [6.07, 6.45) is 5.01. The molecule has 0 bridgehead atoms. The zero-order valence-corrected chi connectivity index (χ0v) is 17.0. The largest absolute Gasteiger partial charge is 0.481 e. The number of aromatic nitrogens is 1. The van der Waals surface area contributed by atoms with Crippen molar-refractivity contribution in [3.05, 3.63) is 63.2 Å². The average Bonchev–Trinajstić information content (AvgIpc) is 2.89. The number of halogens is 1. The van der Waals surface area contributed by atoms with Gasteiger partial charge in [-0.2, -0.15) is 0 Å². The Hall–Kier alpha value is -2.23. The summed E-state index contributed by atoms with van der Waals surface area (Å²) in [5.74, 6) is -0.914. The van der Waals surface area contributed by atoms with E-state index in [1.807, 2.05) is 6.07 Å². The smallest absolute Gasteiger partial charge is 0.341 e. The average molecular weight is 465 g/mol. The molecule has 0 atom stereocenters. The lowest BCUT2D eigenvalue weighted by molar-refractivity contribution is -0.139. The molecular weight excluding hydrogens is 452 g/mol. The normalized spacial score (nSPS) is 15.4. The molecule has 1 aromatic carbocycles. The van der Waals surface area contributed by atoms with Crippen molar-refractivity contribution in [2.45, 2.75) is 6.54 Å². The monoisotopic (exact) mass is 464 g/mol. The molecule has 0 spiro atoms. The SMILES string of the molecule is O=C(O)COc1ccc(Br)cc1C=C1SC(=S)N(Cc2cccnc2)C1=O. The Labute approximate surface area is 173 Å². The fourth-order valence-corrected chi connectivity index (χ4v) is 3.98. The molecule has 0 saturated carbocycles. The Morgan fingerprint density at radius 1 is 1.41 bits per heavy atom. The van der Waals surface area contributed by atoms with Crippen LogP contribution in [-0.2, 0) is 16.1 Å². The molecule has 9 heteroatoms. The molecule has 2 aromatic rings. The fraction of sp³-hybridized carbons (Fsp3) is 0.111. The van der Waals surface area contributed by atoms with Crippen LogP contribution in [0.3, 0.4) is 0 Å². The molecule has 1 N–H and O–H groups in total. The van der Waals surface area contributed by atoms with Gasteiger partial charge in [-0.3, -0.25) is 14.7 Å². The first-order valence-electron chi connectivity index (χ1n) is 7.72. The van der Waals surface area contributed by atoms with E-state index in [-0.39, 0.29) is 5.91 Å². The molecule has 2 heterocycles. The summed E-state index contributed by atoms with van der Waals surface area (Å²) in [7, 11) is 0. The van der Waals surface area contributed by atoms with Crippen LogP contribution in [0.2, 0.25) is 0 Å². The van der Waals surface area contributed by atoms with Crippen molar-refractivity contribution < 1.29 is 19.4 Å². The third-order valence-electron chi connectivity index (χ3n) is 3.55. The first-order chi connectivity index (χ1) is 12.9. The van der Waals surface area contributed by atoms with Gasteiger partial charge in [-0.05, 0) is 35.9 Å². The highest BCUT2D eigenvalue weighted by Crippen LogP contribution is 2.35. The number of hydrogen-bond acceptors (Lipinski definition) is 6. The van der Waals surface area contributed by atoms with Crippen molar-refractivity contribution in [1.29, 1.82) is 0 Å². The van der Waals surface area contributed by atoms with Crippen LogP contribution in [0.4, 0.5) is 0 Å². The van der Waals surface area contributed by atoms with E-state index in [4.69, 9.17) is 22.1 Å². The van der Waals surface area contributed by atoms with Gasteiger partial charge in [-0.25, -0.2) is 4.79 Å². The Bertz CT molecular complexity index is 934. The van der Waals surface area contributed by atoms with E-state index in [9.17, 15) is 9.59 Å². The highest BCUT2D eigenvalue weighted by atomic mass is 79.9. The molecule has 3 rings (SSSR count). The Kier molecular flexibility index (Phi) is 6.25. The summed E-state index contributed by atoms with van der Waals surface area (Å²) in [4.78, 5) is 29.5. The first-order valence-corrected chi connectivity index (χ1v) is 9.74. The van der Waals surface area contributed by atoms with E-state index in [0.717, 1.165) is 10.0 Å². The second-order valence-electron chi connectivity index (χ2n) is 5.49. The molecule has 6 nitrogen and oxygen atoms in total. The van der Waals surface area contributed by atoms with Gasteiger partial charge >= 0.3 is 5.97 Å². The molecule has 0 aliphatic carbocycles. The number of pyridine rings is 1. The van der Waals surface area contributed by atoms with Gasteiger partial charge in [0.05, 0.1) is 11.4 Å². The topological polar surface area (TPSA) is 79.7 Å². The van der Waals surface area contributed by atoms with Crippen molar-refractivity contribution in [3.63, 3.8) is 0 Å². The van der Waals surface area contributed by atoms with Crippen LogP contribution in [0.15, 0.2) is 52.1 Å². The van der Waals surface area contributed by atoms with Gasteiger partial charge in [0.25, 0.3) is 5.91 Å². The quantitative estimate of drug-likeness (QED) is 0.515. The molecule has 0 unspecified atom stereocenters. The molecular formula is C18H13BrN2O4S2. The highest BCUT2D eigenvalue weighted by Gasteiger charge is 2.32. The fourth-order valence-electron chi connectivity index (χ4n) is 2.35. The minimum Gasteiger partial charge on any atom is -0.481 e. The number of carboxylic acids is 1. The van der Waals surface area contributed by atoms with Crippen LogP contribution in [0.1, 0.15) is 11.1 Å². The first kappa shape index (κ1) is 19.5. The van der Waals surface area contributed by atoms with Gasteiger partial charge in [0.2, 0.25) is 0 Å². The van der Waals surface area contributed by atoms with Crippen LogP contribution in [0, 0.1) is 0 Å². The molecule has 138 valence electrons. The van der Waals surface area contributed by atoms with Crippen molar-refractivity contribution in [2.75, 3.05) is 6.61 Å². The number of nitrogens with zero attached hydrogens (tertiary/aromatic N) is 2. The number of carbonyl (C=O) groups is 2. The van der Waals surface area contributed by atoms with E-state index < -0.39 is 12.6 Å². The standard InChI is InChI=1S/C18H13BrN2O4S2/c19-13-3-4-14(25-10-16(22)23)12(6-13)7-15-17(24)21(18(26)27-15)9-11-2-1-5-20-8-11/h1-8H,9-10H2,(H,22,23). The lowest BCUT2D eigenvalue weighted by Gasteiger charge is -2.14. The van der Waals surface area contributed by atoms with Crippen molar-refractivity contribution in [2.24, 2.45) is 0 Å². The molecule has 1 aromatic heterocycles. The minimum absolute atomic E-state index is 0.210. The number of aliphatic carboxylic acids is 1.